The van der Waals surface area contributed by atoms with Crippen LogP contribution in [0.5, 0.6) is 0 Å². The molecule has 0 aromatic rings. The summed E-state index contributed by atoms with van der Waals surface area (Å²) in [5.41, 5.74) is 0. The Bertz CT molecular complexity index is 134. The number of aliphatic hydroxyl groups is 1. The highest BCUT2D eigenvalue weighted by molar-refractivity contribution is 4.92. The van der Waals surface area contributed by atoms with E-state index in [-0.39, 0.29) is 0 Å². The van der Waals surface area contributed by atoms with Crippen molar-refractivity contribution in [2.45, 2.75) is 45.5 Å². The fourth-order valence-corrected chi connectivity index (χ4v) is 0.514. The van der Waals surface area contributed by atoms with E-state index in [1.807, 2.05) is 0 Å². The first-order valence-electron chi connectivity index (χ1n) is 4.27. The van der Waals surface area contributed by atoms with Crippen molar-refractivity contribution in [3.8, 4) is 0 Å². The van der Waals surface area contributed by atoms with Gasteiger partial charge in [0.05, 0.1) is 0 Å². The van der Waals surface area contributed by atoms with Crippen LogP contribution in [0.15, 0.2) is 0 Å². The highest BCUT2D eigenvalue weighted by Gasteiger charge is 2.57. The molecule has 0 bridgehead atoms. The summed E-state index contributed by atoms with van der Waals surface area (Å²) >= 11 is 0. The maximum Gasteiger partial charge on any atom is 0.430 e. The Morgan fingerprint density at radius 2 is 1.13 bits per heavy atom. The number of alkyl halides is 6. The molecule has 1 nitrogen and oxygen atoms in total. The van der Waals surface area contributed by atoms with Crippen molar-refractivity contribution in [3.63, 3.8) is 0 Å². The van der Waals surface area contributed by atoms with Crippen LogP contribution < -0.4 is 0 Å². The van der Waals surface area contributed by atoms with Gasteiger partial charge >= 0.3 is 18.5 Å². The molecule has 0 aliphatic heterocycles. The molecule has 1 radical (unpaired) electrons. The fraction of sp³-hybridized carbons (Fsp3) is 0.875. The van der Waals surface area contributed by atoms with Crippen LogP contribution in [0.2, 0.25) is 0 Å². The van der Waals surface area contributed by atoms with Gasteiger partial charge < -0.3 is 5.11 Å². The molecule has 0 fully saturated rings. The van der Waals surface area contributed by atoms with Gasteiger partial charge in [-0.05, 0) is 0 Å². The van der Waals surface area contributed by atoms with Crippen molar-refractivity contribution in [1.82, 2.24) is 0 Å². The normalized spacial score (nSPS) is 12.4. The Labute approximate surface area is 84.1 Å². The van der Waals surface area contributed by atoms with Gasteiger partial charge in [0.15, 0.2) is 0 Å². The second kappa shape index (κ2) is 6.92. The van der Waals surface area contributed by atoms with Gasteiger partial charge in [-0.2, -0.15) is 26.3 Å². The molecule has 7 heteroatoms. The van der Waals surface area contributed by atoms with Gasteiger partial charge in [-0.1, -0.05) is 33.1 Å². The van der Waals surface area contributed by atoms with Gasteiger partial charge in [-0.15, -0.1) is 0 Å². The molecule has 0 amide bonds. The van der Waals surface area contributed by atoms with E-state index in [1.165, 1.54) is 19.3 Å². The fourth-order valence-electron chi connectivity index (χ4n) is 0.514. The third-order valence-corrected chi connectivity index (χ3v) is 1.24. The van der Waals surface area contributed by atoms with E-state index in [0.29, 0.717) is 0 Å². The zero-order chi connectivity index (χ0) is 12.7. The first kappa shape index (κ1) is 17.0. The summed E-state index contributed by atoms with van der Waals surface area (Å²) < 4.78 is 65.6. The average Bonchev–Trinajstić information content (AvgIpc) is 2.02. The Balaban J connectivity index is 0. The predicted molar refractivity (Wildman–Crippen MR) is 42.5 cm³/mol. The maximum absolute atomic E-state index is 10.9. The van der Waals surface area contributed by atoms with Crippen molar-refractivity contribution in [3.05, 3.63) is 6.10 Å². The lowest BCUT2D eigenvalue weighted by atomic mass is 10.3. The van der Waals surface area contributed by atoms with E-state index >= 15 is 0 Å². The number of hydrogen-bond acceptors (Lipinski definition) is 1. The molecule has 93 valence electrons. The molecule has 1 N–H and O–H groups in total. The summed E-state index contributed by atoms with van der Waals surface area (Å²) in [6, 6.07) is 0. The number of rotatable bonds is 2. The van der Waals surface area contributed by atoms with Crippen molar-refractivity contribution in [2.24, 2.45) is 0 Å². The van der Waals surface area contributed by atoms with Crippen LogP contribution in [0.4, 0.5) is 26.3 Å². The third kappa shape index (κ3) is 9.84. The monoisotopic (exact) mass is 239 g/mol. The largest absolute Gasteiger partial charge is 0.430 e. The standard InChI is InChI=1S/C5H12.C3HF6O/c1-3-5-4-2;4-2(5,6)1(10)3(7,8)9/h3-5H2,1-2H3;10H. The molecule has 0 aromatic carbocycles. The summed E-state index contributed by atoms with van der Waals surface area (Å²) in [5, 5.41) is 7.39. The van der Waals surface area contributed by atoms with E-state index in [1.54, 1.807) is 0 Å². The van der Waals surface area contributed by atoms with Gasteiger partial charge in [0, 0.05) is 0 Å². The Morgan fingerprint density at radius 3 is 1.13 bits per heavy atom. The van der Waals surface area contributed by atoms with Crippen LogP contribution >= 0.6 is 0 Å². The van der Waals surface area contributed by atoms with Crippen LogP contribution in [0.3, 0.4) is 0 Å². The molecular formula is C8H13F6O. The average molecular weight is 239 g/mol. The second-order valence-corrected chi connectivity index (χ2v) is 2.70. The smallest absolute Gasteiger partial charge is 0.371 e. The van der Waals surface area contributed by atoms with Crippen molar-refractivity contribution in [1.29, 1.82) is 0 Å². The minimum atomic E-state index is -5.71. The van der Waals surface area contributed by atoms with E-state index < -0.39 is 18.5 Å². The highest BCUT2D eigenvalue weighted by atomic mass is 19.4. The zero-order valence-electron chi connectivity index (χ0n) is 8.34. The second-order valence-electron chi connectivity index (χ2n) is 2.70. The molecule has 15 heavy (non-hydrogen) atoms. The van der Waals surface area contributed by atoms with Crippen molar-refractivity contribution < 1.29 is 31.4 Å². The number of hydrogen-bond donors (Lipinski definition) is 1. The maximum atomic E-state index is 10.9. The summed E-state index contributed by atoms with van der Waals surface area (Å²) in [6.07, 6.45) is -10.8. The first-order valence-corrected chi connectivity index (χ1v) is 4.27. The van der Waals surface area contributed by atoms with Gasteiger partial charge in [-0.25, -0.2) is 0 Å². The molecule has 0 atom stereocenters. The molecule has 0 unspecified atom stereocenters. The lowest BCUT2D eigenvalue weighted by Gasteiger charge is -2.14. The molecule has 0 rings (SSSR count). The topological polar surface area (TPSA) is 20.2 Å². The summed E-state index contributed by atoms with van der Waals surface area (Å²) in [6.45, 7) is 4.42. The Hall–Kier alpha value is -0.460. The summed E-state index contributed by atoms with van der Waals surface area (Å²) in [7, 11) is 0. The van der Waals surface area contributed by atoms with Crippen LogP contribution in [-0.4, -0.2) is 17.5 Å². The quantitative estimate of drug-likeness (QED) is 0.715. The van der Waals surface area contributed by atoms with Gasteiger partial charge in [0.1, 0.15) is 0 Å². The van der Waals surface area contributed by atoms with E-state index in [9.17, 15) is 26.3 Å². The molecule has 0 aliphatic rings. The van der Waals surface area contributed by atoms with Crippen LogP contribution in [0.25, 0.3) is 0 Å². The SMILES string of the molecule is CCCCC.O[C](C(F)(F)F)C(F)(F)F. The van der Waals surface area contributed by atoms with Crippen molar-refractivity contribution in [2.75, 3.05) is 0 Å². The minimum Gasteiger partial charge on any atom is -0.371 e. The van der Waals surface area contributed by atoms with E-state index in [2.05, 4.69) is 13.8 Å². The zero-order valence-corrected chi connectivity index (χ0v) is 8.34. The molecule has 0 aliphatic carbocycles. The predicted octanol–water partition coefficient (Wildman–Crippen LogP) is 4.21. The van der Waals surface area contributed by atoms with E-state index in [4.69, 9.17) is 5.11 Å². The molecule has 0 saturated heterocycles. The summed E-state index contributed by atoms with van der Waals surface area (Å²) in [5.74, 6) is 0. The van der Waals surface area contributed by atoms with Crippen LogP contribution in [0, 0.1) is 6.10 Å². The Kier molecular flexibility index (Phi) is 7.82. The number of unbranched alkanes of at least 4 members (excludes halogenated alkanes) is 2. The molecule has 0 spiro atoms. The first-order chi connectivity index (χ1) is 6.57. The highest BCUT2D eigenvalue weighted by Crippen LogP contribution is 2.38. The number of aliphatic hydroxyl groups excluding tert-OH is 1. The van der Waals surface area contributed by atoms with Crippen LogP contribution in [-0.2, 0) is 0 Å². The molecule has 0 aromatic heterocycles. The molecule has 0 heterocycles. The third-order valence-electron chi connectivity index (χ3n) is 1.24. The Morgan fingerprint density at radius 1 is 0.867 bits per heavy atom. The number of halogens is 6. The van der Waals surface area contributed by atoms with E-state index in [0.717, 1.165) is 0 Å². The lowest BCUT2D eigenvalue weighted by Crippen LogP contribution is -2.33. The summed E-state index contributed by atoms with van der Waals surface area (Å²) in [4.78, 5) is 0. The van der Waals surface area contributed by atoms with Gasteiger partial charge in [0.25, 0.3) is 0 Å². The van der Waals surface area contributed by atoms with Gasteiger partial charge in [-0.3, -0.25) is 0 Å². The lowest BCUT2D eigenvalue weighted by molar-refractivity contribution is -0.251. The van der Waals surface area contributed by atoms with Crippen LogP contribution in [0.1, 0.15) is 33.1 Å². The molecular weight excluding hydrogens is 226 g/mol. The molecule has 0 saturated carbocycles. The van der Waals surface area contributed by atoms with Crippen molar-refractivity contribution >= 4 is 0 Å². The van der Waals surface area contributed by atoms with Gasteiger partial charge in [0.2, 0.25) is 0 Å². The minimum absolute atomic E-state index is 1.34.